The molecule has 260 valence electrons. The molecule has 0 radical (unpaired) electrons. The first-order chi connectivity index (χ1) is 23.8. The van der Waals surface area contributed by atoms with E-state index in [-0.39, 0.29) is 34.0 Å². The first kappa shape index (κ1) is 30.9. The van der Waals surface area contributed by atoms with Crippen LogP contribution in [0.3, 0.4) is 0 Å². The summed E-state index contributed by atoms with van der Waals surface area (Å²) < 4.78 is 0. The Bertz CT molecular complexity index is 1990. The molecule has 4 aliphatic carbocycles. The van der Waals surface area contributed by atoms with Gasteiger partial charge in [-0.2, -0.15) is 0 Å². The van der Waals surface area contributed by atoms with Crippen LogP contribution in [0.1, 0.15) is 148 Å². The molecule has 8 aliphatic rings. The monoisotopic (exact) mass is 662 g/mol. The summed E-state index contributed by atoms with van der Waals surface area (Å²) >= 11 is 0. The van der Waals surface area contributed by atoms with Crippen LogP contribution in [0.2, 0.25) is 0 Å². The van der Waals surface area contributed by atoms with E-state index in [1.165, 1.54) is 88.2 Å². The molecule has 3 aromatic carbocycles. The third kappa shape index (κ3) is 3.26. The summed E-state index contributed by atoms with van der Waals surface area (Å²) in [7, 11) is 0. The van der Waals surface area contributed by atoms with Crippen LogP contribution in [0.25, 0.3) is 0 Å². The van der Waals surface area contributed by atoms with Gasteiger partial charge in [0.15, 0.2) is 0 Å². The van der Waals surface area contributed by atoms with Gasteiger partial charge in [0, 0.05) is 33.6 Å². The van der Waals surface area contributed by atoms with Gasteiger partial charge in [-0.15, -0.1) is 0 Å². The van der Waals surface area contributed by atoms with Crippen LogP contribution in [0.5, 0.6) is 0 Å². The van der Waals surface area contributed by atoms with Gasteiger partial charge in [0.25, 0.3) is 6.71 Å². The minimum absolute atomic E-state index is 0.0742. The van der Waals surface area contributed by atoms with Gasteiger partial charge >= 0.3 is 0 Å². The van der Waals surface area contributed by atoms with Crippen molar-refractivity contribution in [2.24, 2.45) is 23.7 Å². The third-order valence-electron chi connectivity index (χ3n) is 17.8. The Morgan fingerprint density at radius 3 is 1.68 bits per heavy atom. The zero-order valence-electron chi connectivity index (χ0n) is 32.3. The van der Waals surface area contributed by atoms with Crippen molar-refractivity contribution >= 4 is 45.9 Å². The average molecular weight is 663 g/mol. The van der Waals surface area contributed by atoms with Gasteiger partial charge < -0.3 is 9.80 Å². The fourth-order valence-electron chi connectivity index (χ4n) is 15.1. The van der Waals surface area contributed by atoms with Crippen LogP contribution in [-0.2, 0) is 16.2 Å². The lowest BCUT2D eigenvalue weighted by Gasteiger charge is -2.61. The van der Waals surface area contributed by atoms with Gasteiger partial charge in [-0.25, -0.2) is 0 Å². The lowest BCUT2D eigenvalue weighted by Crippen LogP contribution is -2.69. The Balaban J connectivity index is 1.25. The molecule has 4 fully saturated rings. The lowest BCUT2D eigenvalue weighted by molar-refractivity contribution is 0.0334. The molecule has 50 heavy (non-hydrogen) atoms. The summed E-state index contributed by atoms with van der Waals surface area (Å²) in [5.74, 6) is 3.19. The van der Waals surface area contributed by atoms with Gasteiger partial charge in [0.1, 0.15) is 0 Å². The number of hydrogen-bond donors (Lipinski definition) is 0. The second-order valence-electron chi connectivity index (χ2n) is 20.6. The van der Waals surface area contributed by atoms with Crippen molar-refractivity contribution in [1.29, 1.82) is 0 Å². The van der Waals surface area contributed by atoms with Crippen LogP contribution in [0, 0.1) is 30.6 Å². The van der Waals surface area contributed by atoms with E-state index in [2.05, 4.69) is 108 Å². The van der Waals surface area contributed by atoms with Crippen molar-refractivity contribution in [3.05, 3.63) is 64.7 Å². The maximum Gasteiger partial charge on any atom is 0.252 e. The Morgan fingerprint density at radius 2 is 1.14 bits per heavy atom. The SMILES string of the molecule is Cc1cc2c3c(c1)C1(C)CCC4CCCCC4C1(C)N3c1cccc3c1B2c1cc(C(C)(C)C)cc2c1N3C1(C)C3CCCCC3CCC21C. The highest BCUT2D eigenvalue weighted by Gasteiger charge is 2.69. The highest BCUT2D eigenvalue weighted by molar-refractivity contribution is 7.00. The molecule has 0 amide bonds. The largest absolute Gasteiger partial charge is 0.335 e. The van der Waals surface area contributed by atoms with E-state index in [4.69, 9.17) is 0 Å². The predicted octanol–water partition coefficient (Wildman–Crippen LogP) is 9.97. The van der Waals surface area contributed by atoms with Gasteiger partial charge in [-0.1, -0.05) is 109 Å². The summed E-state index contributed by atoms with van der Waals surface area (Å²) in [5, 5.41) is 0. The molecule has 2 nitrogen and oxygen atoms in total. The smallest absolute Gasteiger partial charge is 0.252 e. The highest BCUT2D eigenvalue weighted by atomic mass is 15.3. The van der Waals surface area contributed by atoms with Crippen molar-refractivity contribution in [1.82, 2.24) is 0 Å². The molecular formula is C47H59BN2. The average Bonchev–Trinajstić information content (AvgIpc) is 3.44. The second-order valence-corrected chi connectivity index (χ2v) is 20.6. The Hall–Kier alpha value is -2.68. The Morgan fingerprint density at radius 1 is 0.640 bits per heavy atom. The summed E-state index contributed by atoms with van der Waals surface area (Å²) in [4.78, 5) is 6.06. The van der Waals surface area contributed by atoms with E-state index in [0.717, 1.165) is 23.7 Å². The van der Waals surface area contributed by atoms with Crippen molar-refractivity contribution in [2.45, 2.75) is 160 Å². The summed E-state index contributed by atoms with van der Waals surface area (Å²) in [6, 6.07) is 18.3. The Labute approximate surface area is 302 Å². The third-order valence-corrected chi connectivity index (χ3v) is 17.8. The molecule has 0 aromatic heterocycles. The maximum atomic E-state index is 3.03. The zero-order chi connectivity index (χ0) is 34.3. The number of aryl methyl sites for hydroxylation is 1. The van der Waals surface area contributed by atoms with E-state index in [1.54, 1.807) is 50.3 Å². The summed E-state index contributed by atoms with van der Waals surface area (Å²) in [6.07, 6.45) is 16.7. The first-order valence-corrected chi connectivity index (χ1v) is 20.9. The molecule has 4 heterocycles. The van der Waals surface area contributed by atoms with E-state index < -0.39 is 0 Å². The molecular weight excluding hydrogens is 603 g/mol. The Kier molecular flexibility index (Phi) is 5.84. The molecule has 4 aliphatic heterocycles. The van der Waals surface area contributed by atoms with Gasteiger partial charge in [0.2, 0.25) is 0 Å². The van der Waals surface area contributed by atoms with E-state index in [1.807, 2.05) is 0 Å². The topological polar surface area (TPSA) is 6.48 Å². The maximum absolute atomic E-state index is 3.03. The minimum Gasteiger partial charge on any atom is -0.335 e. The quantitative estimate of drug-likeness (QED) is 0.221. The molecule has 3 aromatic rings. The molecule has 0 N–H and O–H groups in total. The molecule has 0 saturated heterocycles. The van der Waals surface area contributed by atoms with Crippen molar-refractivity contribution < 1.29 is 0 Å². The van der Waals surface area contributed by atoms with Crippen LogP contribution in [0.4, 0.5) is 22.7 Å². The van der Waals surface area contributed by atoms with Crippen molar-refractivity contribution in [2.75, 3.05) is 9.80 Å². The second kappa shape index (κ2) is 9.46. The standard InChI is InChI=1S/C47H59BN2/c1-28-24-34-41-36(25-28)48-37-27-31(43(2,3)4)26-35-42(37)50(47(8)33-17-12-10-15-30(33)21-23-45(35,47)6)39-19-13-18-38(40(39)48)49(41)46(7)32-16-11-9-14-29(32)20-22-44(34,46)5/h13,18-19,24-27,29-30,32-33H,9-12,14-17,20-23H2,1-8H3. The lowest BCUT2D eigenvalue weighted by atomic mass is 9.33. The fraction of sp³-hybridized carbons (Fsp3) is 0.617. The predicted molar refractivity (Wildman–Crippen MR) is 213 cm³/mol. The molecule has 0 bridgehead atoms. The van der Waals surface area contributed by atoms with Crippen LogP contribution in [-0.4, -0.2) is 17.8 Å². The van der Waals surface area contributed by atoms with E-state index in [0.29, 0.717) is 0 Å². The number of anilines is 4. The minimum atomic E-state index is 0.0742. The van der Waals surface area contributed by atoms with Crippen LogP contribution >= 0.6 is 0 Å². The molecule has 11 rings (SSSR count). The highest BCUT2D eigenvalue weighted by Crippen LogP contribution is 2.69. The van der Waals surface area contributed by atoms with Crippen LogP contribution in [0.15, 0.2) is 42.5 Å². The molecule has 8 atom stereocenters. The number of fused-ring (bicyclic) bond motifs is 14. The number of nitrogens with zero attached hydrogens (tertiary/aromatic N) is 2. The van der Waals surface area contributed by atoms with Crippen molar-refractivity contribution in [3.63, 3.8) is 0 Å². The number of rotatable bonds is 0. The van der Waals surface area contributed by atoms with Crippen molar-refractivity contribution in [3.8, 4) is 0 Å². The summed E-state index contributed by atoms with van der Waals surface area (Å²) in [5.41, 5.74) is 18.0. The zero-order valence-corrected chi connectivity index (χ0v) is 32.3. The summed E-state index contributed by atoms with van der Waals surface area (Å²) in [6.45, 7) is 20.9. The normalized spacial score (nSPS) is 38.4. The number of benzene rings is 3. The van der Waals surface area contributed by atoms with Gasteiger partial charge in [0.05, 0.1) is 11.1 Å². The fourth-order valence-corrected chi connectivity index (χ4v) is 15.1. The van der Waals surface area contributed by atoms with Gasteiger partial charge in [-0.05, 0) is 134 Å². The van der Waals surface area contributed by atoms with E-state index in [9.17, 15) is 0 Å². The molecule has 3 heteroatoms. The van der Waals surface area contributed by atoms with Crippen LogP contribution < -0.4 is 26.2 Å². The molecule has 4 saturated carbocycles. The first-order valence-electron chi connectivity index (χ1n) is 20.9. The molecule has 0 spiro atoms. The van der Waals surface area contributed by atoms with Gasteiger partial charge in [-0.3, -0.25) is 0 Å². The number of hydrogen-bond acceptors (Lipinski definition) is 2. The molecule has 8 unspecified atom stereocenters. The van der Waals surface area contributed by atoms with E-state index >= 15 is 0 Å².